The average molecular weight is 721 g/mol. The lowest BCUT2D eigenvalue weighted by molar-refractivity contribution is -0.333. The van der Waals surface area contributed by atoms with Crippen molar-refractivity contribution in [1.29, 1.82) is 0 Å². The minimum Gasteiger partial charge on any atom is -0.458 e. The highest BCUT2D eigenvalue weighted by Gasteiger charge is 2.66. The quantitative estimate of drug-likeness (QED) is 0.0915. The Hall–Kier alpha value is -2.93. The highest BCUT2D eigenvalue weighted by molar-refractivity contribution is 6.99. The molecule has 1 spiro atoms. The summed E-state index contributed by atoms with van der Waals surface area (Å²) >= 11 is 0. The Bertz CT molecular complexity index is 1470. The molecule has 51 heavy (non-hydrogen) atoms. The third-order valence-corrected chi connectivity index (χ3v) is 15.7. The van der Waals surface area contributed by atoms with E-state index in [9.17, 15) is 9.90 Å². The first-order chi connectivity index (χ1) is 24.4. The molecule has 2 saturated heterocycles. The first-order valence-electron chi connectivity index (χ1n) is 18.1. The molecule has 10 heteroatoms. The summed E-state index contributed by atoms with van der Waals surface area (Å²) in [6.45, 7) is 13.8. The van der Waals surface area contributed by atoms with Gasteiger partial charge in [-0.3, -0.25) is 0 Å². The minimum atomic E-state index is -2.81. The van der Waals surface area contributed by atoms with Gasteiger partial charge in [0.25, 0.3) is 8.32 Å². The molecule has 0 unspecified atom stereocenters. The fourth-order valence-corrected chi connectivity index (χ4v) is 12.4. The van der Waals surface area contributed by atoms with Crippen LogP contribution in [0.2, 0.25) is 5.04 Å². The lowest BCUT2D eigenvalue weighted by Crippen LogP contribution is -2.66. The highest BCUT2D eigenvalue weighted by Crippen LogP contribution is 2.55. The largest absolute Gasteiger partial charge is 0.458 e. The molecule has 9 nitrogen and oxygen atoms in total. The molecular weight excluding hydrogens is 665 g/mol. The van der Waals surface area contributed by atoms with Crippen molar-refractivity contribution >= 4 is 24.7 Å². The average Bonchev–Trinajstić information content (AvgIpc) is 3.33. The molecule has 0 bridgehead atoms. The molecule has 2 aliphatic rings. The van der Waals surface area contributed by atoms with Crippen LogP contribution in [0.25, 0.3) is 0 Å². The topological polar surface area (TPSA) is 102 Å². The lowest BCUT2D eigenvalue weighted by Gasteiger charge is -2.51. The van der Waals surface area contributed by atoms with E-state index >= 15 is 0 Å². The van der Waals surface area contributed by atoms with Crippen molar-refractivity contribution in [2.24, 2.45) is 11.3 Å². The molecule has 0 saturated carbocycles. The van der Waals surface area contributed by atoms with Gasteiger partial charge in [0.1, 0.15) is 19.0 Å². The number of benzene rings is 3. The summed E-state index contributed by atoms with van der Waals surface area (Å²) in [5, 5.41) is 12.7. The Kier molecular flexibility index (Phi) is 13.0. The Morgan fingerprint density at radius 1 is 0.863 bits per heavy atom. The van der Waals surface area contributed by atoms with Gasteiger partial charge in [0.05, 0.1) is 37.6 Å². The van der Waals surface area contributed by atoms with Crippen molar-refractivity contribution in [2.45, 2.75) is 89.6 Å². The normalized spacial score (nSPS) is 26.3. The fraction of sp³-hybridized carbons (Fsp3) is 0.537. The van der Waals surface area contributed by atoms with E-state index in [0.717, 1.165) is 0 Å². The van der Waals surface area contributed by atoms with E-state index in [1.54, 1.807) is 19.2 Å². The third kappa shape index (κ3) is 8.19. The molecule has 5 rings (SSSR count). The number of ether oxygens (including phenoxy) is 6. The second-order valence-corrected chi connectivity index (χ2v) is 19.6. The molecule has 0 aromatic heterocycles. The molecule has 2 aliphatic heterocycles. The zero-order valence-corrected chi connectivity index (χ0v) is 32.2. The van der Waals surface area contributed by atoms with Crippen LogP contribution in [0.15, 0.2) is 91.0 Å². The van der Waals surface area contributed by atoms with Crippen LogP contribution in [0.4, 0.5) is 0 Å². The zero-order chi connectivity index (χ0) is 36.7. The minimum absolute atomic E-state index is 0.00593. The Labute approximate surface area is 304 Å². The number of aliphatic hydroxyl groups is 1. The van der Waals surface area contributed by atoms with Crippen LogP contribution in [0, 0.1) is 11.3 Å². The molecule has 0 amide bonds. The van der Waals surface area contributed by atoms with Crippen LogP contribution < -0.4 is 10.4 Å². The molecule has 6 atom stereocenters. The van der Waals surface area contributed by atoms with Gasteiger partial charge >= 0.3 is 5.97 Å². The summed E-state index contributed by atoms with van der Waals surface area (Å²) in [4.78, 5) is 13.5. The van der Waals surface area contributed by atoms with E-state index in [1.165, 1.54) is 10.4 Å². The van der Waals surface area contributed by atoms with Crippen molar-refractivity contribution in [1.82, 2.24) is 0 Å². The van der Waals surface area contributed by atoms with Gasteiger partial charge in [-0.05, 0) is 34.0 Å². The van der Waals surface area contributed by atoms with Crippen LogP contribution in [0.3, 0.4) is 0 Å². The van der Waals surface area contributed by atoms with Crippen LogP contribution >= 0.6 is 0 Å². The van der Waals surface area contributed by atoms with Gasteiger partial charge in [-0.15, -0.1) is 0 Å². The Morgan fingerprint density at radius 2 is 1.43 bits per heavy atom. The first-order valence-corrected chi connectivity index (χ1v) is 20.0. The monoisotopic (exact) mass is 720 g/mol. The first kappa shape index (κ1) is 39.3. The summed E-state index contributed by atoms with van der Waals surface area (Å²) in [6, 6.07) is 30.1. The number of carbonyl (C=O) groups excluding carboxylic acids is 1. The molecular formula is C41H56O9Si. The van der Waals surface area contributed by atoms with Crippen LogP contribution in [0.1, 0.15) is 64.7 Å². The maximum atomic E-state index is 13.5. The smallest absolute Gasteiger partial charge is 0.338 e. The van der Waals surface area contributed by atoms with Gasteiger partial charge in [0, 0.05) is 31.5 Å². The molecule has 2 fully saturated rings. The fourth-order valence-electron chi connectivity index (χ4n) is 7.83. The molecule has 3 aromatic carbocycles. The van der Waals surface area contributed by atoms with E-state index < -0.39 is 49.9 Å². The van der Waals surface area contributed by atoms with E-state index in [2.05, 4.69) is 76.2 Å². The summed E-state index contributed by atoms with van der Waals surface area (Å²) in [5.74, 6) is -1.82. The summed E-state index contributed by atoms with van der Waals surface area (Å²) < 4.78 is 44.3. The molecule has 1 N–H and O–H groups in total. The summed E-state index contributed by atoms with van der Waals surface area (Å²) in [6.07, 6.45) is -1.38. The predicted octanol–water partition coefficient (Wildman–Crippen LogP) is 5.72. The maximum absolute atomic E-state index is 13.5. The molecule has 0 radical (unpaired) electrons. The number of rotatable bonds is 15. The Morgan fingerprint density at radius 3 is 1.98 bits per heavy atom. The zero-order valence-electron chi connectivity index (χ0n) is 31.2. The molecule has 3 aromatic rings. The van der Waals surface area contributed by atoms with Crippen molar-refractivity contribution < 1.29 is 42.7 Å². The second-order valence-electron chi connectivity index (χ2n) is 15.2. The summed E-state index contributed by atoms with van der Waals surface area (Å²) in [5.41, 5.74) is -0.286. The van der Waals surface area contributed by atoms with Gasteiger partial charge in [0.15, 0.2) is 5.79 Å². The van der Waals surface area contributed by atoms with Crippen molar-refractivity contribution in [3.05, 3.63) is 96.6 Å². The van der Waals surface area contributed by atoms with E-state index in [0.29, 0.717) is 31.8 Å². The second kappa shape index (κ2) is 16.8. The molecule has 0 aliphatic carbocycles. The lowest BCUT2D eigenvalue weighted by atomic mass is 9.73. The van der Waals surface area contributed by atoms with E-state index in [-0.39, 0.29) is 30.8 Å². The summed E-state index contributed by atoms with van der Waals surface area (Å²) in [7, 11) is -1.20. The van der Waals surface area contributed by atoms with Gasteiger partial charge in [0.2, 0.25) is 0 Å². The number of carbonyl (C=O) groups is 1. The maximum Gasteiger partial charge on any atom is 0.338 e. The molecule has 2 heterocycles. The van der Waals surface area contributed by atoms with Crippen molar-refractivity contribution in [3.8, 4) is 0 Å². The van der Waals surface area contributed by atoms with Crippen LogP contribution in [-0.2, 0) is 32.8 Å². The van der Waals surface area contributed by atoms with Gasteiger partial charge in [-0.2, -0.15) is 0 Å². The van der Waals surface area contributed by atoms with E-state index in [1.807, 2.05) is 44.2 Å². The van der Waals surface area contributed by atoms with Crippen molar-refractivity contribution in [3.63, 3.8) is 0 Å². The van der Waals surface area contributed by atoms with Gasteiger partial charge in [-0.25, -0.2) is 4.79 Å². The number of methoxy groups -OCH3 is 1. The van der Waals surface area contributed by atoms with Gasteiger partial charge < -0.3 is 38.0 Å². The number of aliphatic hydroxyl groups excluding tert-OH is 1. The standard InChI is InChI=1S/C41H56O9Si/c1-30-34(23-24-47-51(39(2,3)4,32-19-13-9-14-20-32)33-21-15-10-16-22-33)49-41(27-35(30)48-38(43)31-17-11-8-12-18-31)40(5,6)37(36(28-42)50-41)46-29-45-26-25-44-7/h8-22,30,34-37,42H,23-29H2,1-7H3/t30-,34+,35-,36-,37+,41-/m1/s1. The van der Waals surface area contributed by atoms with Gasteiger partial charge in [-0.1, -0.05) is 120 Å². The predicted molar refractivity (Wildman–Crippen MR) is 199 cm³/mol. The Balaban J connectivity index is 1.45. The van der Waals surface area contributed by atoms with Crippen molar-refractivity contribution in [2.75, 3.05) is 40.3 Å². The number of hydrogen-bond donors (Lipinski definition) is 1. The third-order valence-electron chi connectivity index (χ3n) is 10.7. The van der Waals surface area contributed by atoms with Crippen LogP contribution in [-0.4, -0.2) is 89.9 Å². The highest BCUT2D eigenvalue weighted by atomic mass is 28.4. The number of hydrogen-bond acceptors (Lipinski definition) is 9. The van der Waals surface area contributed by atoms with Crippen LogP contribution in [0.5, 0.6) is 0 Å². The van der Waals surface area contributed by atoms with E-state index in [4.69, 9.17) is 32.8 Å². The SMILES string of the molecule is COCCOCO[C@H]1[C@@H](CO)O[C@]2(C[C@@H](OC(=O)c3ccccc3)[C@H](C)[C@H](CCO[Si](c3ccccc3)(c3ccccc3)C(C)(C)C)O2)C1(C)C. The number of esters is 1. The molecule has 278 valence electrons.